The summed E-state index contributed by atoms with van der Waals surface area (Å²) in [6.07, 6.45) is 0. The zero-order valence-corrected chi connectivity index (χ0v) is 15.5. The van der Waals surface area contributed by atoms with Crippen molar-refractivity contribution in [1.82, 2.24) is 9.97 Å². The second-order valence-corrected chi connectivity index (χ2v) is 6.20. The molecule has 0 aliphatic heterocycles. The van der Waals surface area contributed by atoms with Crippen LogP contribution in [0.3, 0.4) is 0 Å². The summed E-state index contributed by atoms with van der Waals surface area (Å²) in [4.78, 5) is 20.7. The van der Waals surface area contributed by atoms with Crippen molar-refractivity contribution < 1.29 is 14.3 Å². The molecule has 1 N–H and O–H groups in total. The Morgan fingerprint density at radius 2 is 1.63 bits per heavy atom. The number of aryl methyl sites for hydroxylation is 3. The molecule has 27 heavy (non-hydrogen) atoms. The SMILES string of the molecule is Cc1ccc(OCC(=O)Oc2cccc(Nc3nc(C)cc(C)n3)c2)cc1. The summed E-state index contributed by atoms with van der Waals surface area (Å²) in [6, 6.07) is 16.4. The van der Waals surface area contributed by atoms with Crippen LogP contribution in [0.15, 0.2) is 54.6 Å². The number of ether oxygens (including phenoxy) is 2. The van der Waals surface area contributed by atoms with Gasteiger partial charge in [-0.3, -0.25) is 0 Å². The number of hydrogen-bond donors (Lipinski definition) is 1. The third-order valence-corrected chi connectivity index (χ3v) is 3.68. The fourth-order valence-electron chi connectivity index (χ4n) is 2.49. The van der Waals surface area contributed by atoms with Crippen molar-refractivity contribution in [3.63, 3.8) is 0 Å². The van der Waals surface area contributed by atoms with Crippen molar-refractivity contribution >= 4 is 17.6 Å². The molecule has 138 valence electrons. The minimum Gasteiger partial charge on any atom is -0.482 e. The highest BCUT2D eigenvalue weighted by Crippen LogP contribution is 2.20. The number of benzene rings is 2. The molecule has 0 saturated heterocycles. The van der Waals surface area contributed by atoms with Crippen molar-refractivity contribution in [3.8, 4) is 11.5 Å². The number of anilines is 2. The monoisotopic (exact) mass is 363 g/mol. The van der Waals surface area contributed by atoms with Crippen LogP contribution in [0.4, 0.5) is 11.6 Å². The molecular formula is C21H21N3O3. The van der Waals surface area contributed by atoms with E-state index in [1.807, 2.05) is 57.2 Å². The van der Waals surface area contributed by atoms with E-state index in [4.69, 9.17) is 9.47 Å². The predicted molar refractivity (Wildman–Crippen MR) is 104 cm³/mol. The van der Waals surface area contributed by atoms with Crippen LogP contribution in [-0.4, -0.2) is 22.5 Å². The first-order chi connectivity index (χ1) is 13.0. The molecule has 3 rings (SSSR count). The fraction of sp³-hybridized carbons (Fsp3) is 0.190. The number of nitrogens with one attached hydrogen (secondary N) is 1. The third kappa shape index (κ3) is 5.54. The van der Waals surface area contributed by atoms with Gasteiger partial charge in [-0.05, 0) is 51.1 Å². The second-order valence-electron chi connectivity index (χ2n) is 6.20. The van der Waals surface area contributed by atoms with Gasteiger partial charge in [0.15, 0.2) is 6.61 Å². The van der Waals surface area contributed by atoms with Gasteiger partial charge in [0.1, 0.15) is 11.5 Å². The molecule has 0 unspecified atom stereocenters. The van der Waals surface area contributed by atoms with Crippen LogP contribution in [0.5, 0.6) is 11.5 Å². The first kappa shape index (κ1) is 18.4. The average Bonchev–Trinajstić information content (AvgIpc) is 2.61. The molecule has 0 atom stereocenters. The number of nitrogens with zero attached hydrogens (tertiary/aromatic N) is 2. The van der Waals surface area contributed by atoms with E-state index >= 15 is 0 Å². The van der Waals surface area contributed by atoms with Gasteiger partial charge in [0.25, 0.3) is 0 Å². The third-order valence-electron chi connectivity index (χ3n) is 3.68. The first-order valence-electron chi connectivity index (χ1n) is 8.57. The Kier molecular flexibility index (Phi) is 5.66. The van der Waals surface area contributed by atoms with Crippen LogP contribution in [0, 0.1) is 20.8 Å². The summed E-state index contributed by atoms with van der Waals surface area (Å²) < 4.78 is 10.8. The lowest BCUT2D eigenvalue weighted by Gasteiger charge is -2.09. The number of carbonyl (C=O) groups is 1. The molecule has 0 amide bonds. The Labute approximate surface area is 158 Å². The summed E-state index contributed by atoms with van der Waals surface area (Å²) in [7, 11) is 0. The van der Waals surface area contributed by atoms with Crippen molar-refractivity contribution in [2.45, 2.75) is 20.8 Å². The summed E-state index contributed by atoms with van der Waals surface area (Å²) in [5.41, 5.74) is 3.61. The molecule has 1 heterocycles. The van der Waals surface area contributed by atoms with Crippen molar-refractivity contribution in [2.75, 3.05) is 11.9 Å². The maximum Gasteiger partial charge on any atom is 0.349 e. The van der Waals surface area contributed by atoms with Crippen LogP contribution in [0.1, 0.15) is 17.0 Å². The van der Waals surface area contributed by atoms with Gasteiger partial charge < -0.3 is 14.8 Å². The number of aromatic nitrogens is 2. The van der Waals surface area contributed by atoms with Gasteiger partial charge in [0.05, 0.1) is 0 Å². The Balaban J connectivity index is 1.59. The number of hydrogen-bond acceptors (Lipinski definition) is 6. The molecule has 6 nitrogen and oxygen atoms in total. The van der Waals surface area contributed by atoms with E-state index in [0.717, 1.165) is 22.6 Å². The van der Waals surface area contributed by atoms with Gasteiger partial charge in [-0.2, -0.15) is 0 Å². The van der Waals surface area contributed by atoms with E-state index in [1.54, 1.807) is 18.2 Å². The molecule has 3 aromatic rings. The Bertz CT molecular complexity index is 919. The van der Waals surface area contributed by atoms with E-state index in [-0.39, 0.29) is 6.61 Å². The fourth-order valence-corrected chi connectivity index (χ4v) is 2.49. The van der Waals surface area contributed by atoms with Crippen LogP contribution in [0.25, 0.3) is 0 Å². The molecule has 0 aliphatic carbocycles. The zero-order chi connectivity index (χ0) is 19.2. The molecule has 6 heteroatoms. The highest BCUT2D eigenvalue weighted by atomic mass is 16.6. The average molecular weight is 363 g/mol. The molecule has 0 aliphatic rings. The normalized spacial score (nSPS) is 10.3. The van der Waals surface area contributed by atoms with Crippen LogP contribution < -0.4 is 14.8 Å². The van der Waals surface area contributed by atoms with E-state index in [0.29, 0.717) is 17.4 Å². The second kappa shape index (κ2) is 8.31. The van der Waals surface area contributed by atoms with E-state index in [2.05, 4.69) is 15.3 Å². The van der Waals surface area contributed by atoms with Gasteiger partial charge in [-0.15, -0.1) is 0 Å². The number of carbonyl (C=O) groups excluding carboxylic acids is 1. The molecule has 1 aromatic heterocycles. The standard InChI is InChI=1S/C21H21N3O3/c1-14-7-9-18(10-8-14)26-13-20(25)27-19-6-4-5-17(12-19)24-21-22-15(2)11-16(3)23-21/h4-12H,13H2,1-3H3,(H,22,23,24). The van der Waals surface area contributed by atoms with Crippen LogP contribution in [0.2, 0.25) is 0 Å². The molecule has 0 radical (unpaired) electrons. The summed E-state index contributed by atoms with van der Waals surface area (Å²) >= 11 is 0. The van der Waals surface area contributed by atoms with Crippen molar-refractivity contribution in [1.29, 1.82) is 0 Å². The van der Waals surface area contributed by atoms with E-state index < -0.39 is 5.97 Å². The smallest absolute Gasteiger partial charge is 0.349 e. The molecular weight excluding hydrogens is 342 g/mol. The Morgan fingerprint density at radius 3 is 2.33 bits per heavy atom. The van der Waals surface area contributed by atoms with Crippen molar-refractivity contribution in [3.05, 3.63) is 71.5 Å². The summed E-state index contributed by atoms with van der Waals surface area (Å²) in [6.45, 7) is 5.64. The highest BCUT2D eigenvalue weighted by molar-refractivity contribution is 5.74. The maximum atomic E-state index is 12.0. The molecule has 2 aromatic carbocycles. The minimum atomic E-state index is -0.477. The van der Waals surface area contributed by atoms with Gasteiger partial charge in [0, 0.05) is 23.1 Å². The minimum absolute atomic E-state index is 0.166. The summed E-state index contributed by atoms with van der Waals surface area (Å²) in [5, 5.41) is 3.12. The molecule has 0 spiro atoms. The van der Waals surface area contributed by atoms with Gasteiger partial charge in [-0.25, -0.2) is 14.8 Å². The number of rotatable bonds is 6. The molecule has 0 fully saturated rings. The van der Waals surface area contributed by atoms with E-state index in [9.17, 15) is 4.79 Å². The van der Waals surface area contributed by atoms with E-state index in [1.165, 1.54) is 0 Å². The number of esters is 1. The first-order valence-corrected chi connectivity index (χ1v) is 8.57. The zero-order valence-electron chi connectivity index (χ0n) is 15.5. The quantitative estimate of drug-likeness (QED) is 0.524. The summed E-state index contributed by atoms with van der Waals surface area (Å²) in [5.74, 6) is 1.07. The lowest BCUT2D eigenvalue weighted by Crippen LogP contribution is -2.17. The van der Waals surface area contributed by atoms with Crippen molar-refractivity contribution in [2.24, 2.45) is 0 Å². The van der Waals surface area contributed by atoms with Crippen LogP contribution in [-0.2, 0) is 4.79 Å². The Morgan fingerprint density at radius 1 is 0.926 bits per heavy atom. The highest BCUT2D eigenvalue weighted by Gasteiger charge is 2.08. The predicted octanol–water partition coefficient (Wildman–Crippen LogP) is 4.13. The lowest BCUT2D eigenvalue weighted by molar-refractivity contribution is -0.136. The van der Waals surface area contributed by atoms with Crippen LogP contribution >= 0.6 is 0 Å². The van der Waals surface area contributed by atoms with Gasteiger partial charge in [0.2, 0.25) is 5.95 Å². The molecule has 0 bridgehead atoms. The maximum absolute atomic E-state index is 12.0. The van der Waals surface area contributed by atoms with Gasteiger partial charge >= 0.3 is 5.97 Å². The Hall–Kier alpha value is -3.41. The largest absolute Gasteiger partial charge is 0.482 e. The molecule has 0 saturated carbocycles. The van der Waals surface area contributed by atoms with Gasteiger partial charge in [-0.1, -0.05) is 23.8 Å². The topological polar surface area (TPSA) is 73.3 Å². The lowest BCUT2D eigenvalue weighted by atomic mass is 10.2.